The molecule has 24 heavy (non-hydrogen) atoms. The number of hydrogen-bond donors (Lipinski definition) is 1. The number of likely N-dealkylation sites (tertiary alicyclic amines) is 1. The molecule has 1 aliphatic heterocycles. The van der Waals surface area contributed by atoms with E-state index in [2.05, 4.69) is 35.1 Å². The zero-order chi connectivity index (χ0) is 16.9. The molecule has 2 atom stereocenters. The van der Waals surface area contributed by atoms with E-state index in [-0.39, 0.29) is 11.9 Å². The van der Waals surface area contributed by atoms with Crippen LogP contribution in [-0.4, -0.2) is 28.9 Å². The van der Waals surface area contributed by atoms with Crippen molar-refractivity contribution in [2.45, 2.75) is 39.2 Å². The van der Waals surface area contributed by atoms with Crippen LogP contribution in [-0.2, 0) is 11.2 Å². The fourth-order valence-corrected chi connectivity index (χ4v) is 3.26. The second-order valence-corrected chi connectivity index (χ2v) is 6.56. The minimum atomic E-state index is 0.00280. The van der Waals surface area contributed by atoms with Gasteiger partial charge in [-0.3, -0.25) is 14.7 Å². The largest absolute Gasteiger partial charge is 0.464 e. The van der Waals surface area contributed by atoms with Gasteiger partial charge in [0.1, 0.15) is 11.5 Å². The summed E-state index contributed by atoms with van der Waals surface area (Å²) in [6.45, 7) is 5.65. The van der Waals surface area contributed by atoms with Crippen LogP contribution in [0.4, 0.5) is 5.69 Å². The third-order valence-corrected chi connectivity index (χ3v) is 4.65. The van der Waals surface area contributed by atoms with Crippen molar-refractivity contribution in [3.63, 3.8) is 0 Å². The molecule has 3 heterocycles. The van der Waals surface area contributed by atoms with Crippen molar-refractivity contribution in [2.24, 2.45) is 5.92 Å². The Bertz CT molecular complexity index is 668. The van der Waals surface area contributed by atoms with Crippen molar-refractivity contribution in [3.8, 4) is 0 Å². The maximum atomic E-state index is 12.4. The number of aryl methyl sites for hydroxylation is 1. The lowest BCUT2D eigenvalue weighted by molar-refractivity contribution is -0.118. The summed E-state index contributed by atoms with van der Waals surface area (Å²) in [5.41, 5.74) is 0.781. The molecule has 3 rings (SSSR count). The Balaban J connectivity index is 1.68. The Morgan fingerprint density at radius 1 is 1.33 bits per heavy atom. The normalized spacial score (nSPS) is 21.6. The fourth-order valence-electron chi connectivity index (χ4n) is 3.26. The van der Waals surface area contributed by atoms with E-state index >= 15 is 0 Å². The van der Waals surface area contributed by atoms with Gasteiger partial charge >= 0.3 is 0 Å². The van der Waals surface area contributed by atoms with Gasteiger partial charge in [0, 0.05) is 24.5 Å². The minimum Gasteiger partial charge on any atom is -0.464 e. The van der Waals surface area contributed by atoms with Gasteiger partial charge in [0.2, 0.25) is 5.91 Å². The first kappa shape index (κ1) is 16.7. The Morgan fingerprint density at radius 2 is 2.12 bits per heavy atom. The van der Waals surface area contributed by atoms with Crippen LogP contribution in [0.25, 0.3) is 0 Å². The van der Waals surface area contributed by atoms with Crippen LogP contribution < -0.4 is 5.32 Å². The Labute approximate surface area is 143 Å². The summed E-state index contributed by atoms with van der Waals surface area (Å²) in [6.07, 6.45) is 6.39. The highest BCUT2D eigenvalue weighted by molar-refractivity contribution is 5.92. The summed E-state index contributed by atoms with van der Waals surface area (Å²) in [7, 11) is 0. The first-order chi connectivity index (χ1) is 11.7. The van der Waals surface area contributed by atoms with Crippen molar-refractivity contribution in [2.75, 3.05) is 18.4 Å². The minimum absolute atomic E-state index is 0.00280. The molecule has 1 fully saturated rings. The van der Waals surface area contributed by atoms with E-state index in [9.17, 15) is 4.79 Å². The van der Waals surface area contributed by atoms with Gasteiger partial charge in [0.05, 0.1) is 12.6 Å². The van der Waals surface area contributed by atoms with Crippen LogP contribution in [0.3, 0.4) is 0 Å². The number of amides is 1. The number of piperidine rings is 1. The topological polar surface area (TPSA) is 58.4 Å². The molecule has 2 unspecified atom stereocenters. The van der Waals surface area contributed by atoms with Crippen LogP contribution in [0, 0.1) is 5.92 Å². The first-order valence-corrected chi connectivity index (χ1v) is 8.68. The number of nitrogens with zero attached hydrogens (tertiary/aromatic N) is 2. The number of pyridine rings is 1. The molecule has 0 radical (unpaired) electrons. The SMILES string of the molecule is CCc1ccc(C2CC(C)CCN2CC(=O)Nc2ccncc2)o1. The van der Waals surface area contributed by atoms with E-state index in [1.807, 2.05) is 6.07 Å². The van der Waals surface area contributed by atoms with Crippen LogP contribution in [0.5, 0.6) is 0 Å². The van der Waals surface area contributed by atoms with E-state index < -0.39 is 0 Å². The van der Waals surface area contributed by atoms with E-state index in [1.165, 1.54) is 0 Å². The average Bonchev–Trinajstić information content (AvgIpc) is 3.06. The molecular formula is C19H25N3O2. The standard InChI is InChI=1S/C19H25N3O2/c1-3-16-4-5-18(24-16)17-12-14(2)8-11-22(17)13-19(23)21-15-6-9-20-10-7-15/h4-7,9-10,14,17H,3,8,11-13H2,1-2H3,(H,20,21,23). The van der Waals surface area contributed by atoms with Gasteiger partial charge in [0.15, 0.2) is 0 Å². The van der Waals surface area contributed by atoms with E-state index in [1.54, 1.807) is 24.5 Å². The maximum absolute atomic E-state index is 12.4. The molecule has 1 aliphatic rings. The fraction of sp³-hybridized carbons (Fsp3) is 0.474. The van der Waals surface area contributed by atoms with Crippen molar-refractivity contribution in [1.29, 1.82) is 0 Å². The van der Waals surface area contributed by atoms with Crippen LogP contribution in [0.15, 0.2) is 41.1 Å². The monoisotopic (exact) mass is 327 g/mol. The Hall–Kier alpha value is -2.14. The summed E-state index contributed by atoms with van der Waals surface area (Å²) in [4.78, 5) is 18.6. The van der Waals surface area contributed by atoms with Crippen LogP contribution >= 0.6 is 0 Å². The molecule has 1 N–H and O–H groups in total. The van der Waals surface area contributed by atoms with E-state index in [0.29, 0.717) is 12.5 Å². The zero-order valence-corrected chi connectivity index (χ0v) is 14.4. The molecule has 5 heteroatoms. The molecule has 0 bridgehead atoms. The summed E-state index contributed by atoms with van der Waals surface area (Å²) in [5, 5.41) is 2.94. The van der Waals surface area contributed by atoms with Crippen molar-refractivity contribution >= 4 is 11.6 Å². The molecule has 0 aromatic carbocycles. The Kier molecular flexibility index (Phi) is 5.30. The number of hydrogen-bond acceptors (Lipinski definition) is 4. The van der Waals surface area contributed by atoms with Gasteiger partial charge in [0.25, 0.3) is 0 Å². The van der Waals surface area contributed by atoms with Gasteiger partial charge in [-0.05, 0) is 49.6 Å². The predicted octanol–water partition coefficient (Wildman–Crippen LogP) is 3.65. The molecule has 0 spiro atoms. The van der Waals surface area contributed by atoms with Gasteiger partial charge in [-0.2, -0.15) is 0 Å². The highest BCUT2D eigenvalue weighted by Gasteiger charge is 2.31. The van der Waals surface area contributed by atoms with Gasteiger partial charge in [-0.15, -0.1) is 0 Å². The third-order valence-electron chi connectivity index (χ3n) is 4.65. The zero-order valence-electron chi connectivity index (χ0n) is 14.4. The van der Waals surface area contributed by atoms with Crippen molar-refractivity contribution in [1.82, 2.24) is 9.88 Å². The van der Waals surface area contributed by atoms with Gasteiger partial charge < -0.3 is 9.73 Å². The number of carbonyl (C=O) groups is 1. The number of aromatic nitrogens is 1. The lowest BCUT2D eigenvalue weighted by atomic mass is 9.91. The second-order valence-electron chi connectivity index (χ2n) is 6.56. The molecule has 128 valence electrons. The van der Waals surface area contributed by atoms with E-state index in [4.69, 9.17) is 4.42 Å². The van der Waals surface area contributed by atoms with Gasteiger partial charge in [-0.25, -0.2) is 0 Å². The molecule has 1 amide bonds. The smallest absolute Gasteiger partial charge is 0.238 e. The van der Waals surface area contributed by atoms with Crippen molar-refractivity contribution < 1.29 is 9.21 Å². The number of rotatable bonds is 5. The molecule has 0 aliphatic carbocycles. The van der Waals surface area contributed by atoms with Crippen LogP contribution in [0.1, 0.15) is 44.3 Å². The van der Waals surface area contributed by atoms with E-state index in [0.717, 1.165) is 43.0 Å². The van der Waals surface area contributed by atoms with Crippen molar-refractivity contribution in [3.05, 3.63) is 48.2 Å². The molecule has 2 aromatic rings. The van der Waals surface area contributed by atoms with Crippen LogP contribution in [0.2, 0.25) is 0 Å². The highest BCUT2D eigenvalue weighted by atomic mass is 16.3. The van der Waals surface area contributed by atoms with Gasteiger partial charge in [-0.1, -0.05) is 13.8 Å². The first-order valence-electron chi connectivity index (χ1n) is 8.68. The average molecular weight is 327 g/mol. The second kappa shape index (κ2) is 7.62. The Morgan fingerprint density at radius 3 is 2.83 bits per heavy atom. The third kappa shape index (κ3) is 4.03. The predicted molar refractivity (Wildman–Crippen MR) is 93.7 cm³/mol. The molecule has 5 nitrogen and oxygen atoms in total. The lowest BCUT2D eigenvalue weighted by Gasteiger charge is -2.36. The molecule has 1 saturated heterocycles. The summed E-state index contributed by atoms with van der Waals surface area (Å²) in [6, 6.07) is 7.89. The quantitative estimate of drug-likeness (QED) is 0.911. The summed E-state index contributed by atoms with van der Waals surface area (Å²) < 4.78 is 5.97. The number of carbonyl (C=O) groups excluding carboxylic acids is 1. The number of nitrogens with one attached hydrogen (secondary N) is 1. The number of furan rings is 1. The lowest BCUT2D eigenvalue weighted by Crippen LogP contribution is -2.41. The molecule has 2 aromatic heterocycles. The maximum Gasteiger partial charge on any atom is 0.238 e. The molecule has 0 saturated carbocycles. The number of anilines is 1. The molecular weight excluding hydrogens is 302 g/mol. The summed E-state index contributed by atoms with van der Waals surface area (Å²) in [5.74, 6) is 2.63. The summed E-state index contributed by atoms with van der Waals surface area (Å²) >= 11 is 0. The highest BCUT2D eigenvalue weighted by Crippen LogP contribution is 2.34.